The van der Waals surface area contributed by atoms with Gasteiger partial charge >= 0.3 is 0 Å². The summed E-state index contributed by atoms with van der Waals surface area (Å²) in [5, 5.41) is 6.25. The zero-order valence-electron chi connectivity index (χ0n) is 8.51. The molecule has 5 nitrogen and oxygen atoms in total. The maximum absolute atomic E-state index is 11.6. The van der Waals surface area contributed by atoms with E-state index in [2.05, 4.69) is 15.0 Å². The molecule has 0 fully saturated rings. The van der Waals surface area contributed by atoms with Crippen molar-refractivity contribution in [3.8, 4) is 0 Å². The molecule has 1 heterocycles. The smallest absolute Gasteiger partial charge is 0.277 e. The van der Waals surface area contributed by atoms with Crippen LogP contribution in [0.15, 0.2) is 41.1 Å². The van der Waals surface area contributed by atoms with Crippen molar-refractivity contribution in [2.75, 3.05) is 5.32 Å². The molecule has 0 spiro atoms. The van der Waals surface area contributed by atoms with E-state index in [0.29, 0.717) is 12.2 Å². The minimum absolute atomic E-state index is 0.248. The van der Waals surface area contributed by atoms with Crippen LogP contribution in [0.1, 0.15) is 16.1 Å². The number of hydrogen-bond donors (Lipinski definition) is 2. The Hall–Kier alpha value is -2.14. The third-order valence-corrected chi connectivity index (χ3v) is 2.09. The first-order valence-corrected chi connectivity index (χ1v) is 4.80. The number of hydrogen-bond acceptors (Lipinski definition) is 4. The lowest BCUT2D eigenvalue weighted by Crippen LogP contribution is -2.12. The normalized spacial score (nSPS) is 10.1. The average molecular weight is 217 g/mol. The highest BCUT2D eigenvalue weighted by molar-refractivity contribution is 6.02. The van der Waals surface area contributed by atoms with Crippen LogP contribution in [0.4, 0.5) is 5.69 Å². The van der Waals surface area contributed by atoms with Gasteiger partial charge in [-0.15, -0.1) is 0 Å². The monoisotopic (exact) mass is 217 g/mol. The van der Waals surface area contributed by atoms with E-state index in [-0.39, 0.29) is 11.6 Å². The van der Waals surface area contributed by atoms with Crippen LogP contribution in [0.5, 0.6) is 0 Å². The van der Waals surface area contributed by atoms with Gasteiger partial charge < -0.3 is 15.6 Å². The number of nitrogens with two attached hydrogens (primary N) is 1. The Morgan fingerprint density at radius 2 is 2.31 bits per heavy atom. The van der Waals surface area contributed by atoms with Crippen molar-refractivity contribution in [3.63, 3.8) is 0 Å². The molecular weight excluding hydrogens is 206 g/mol. The maximum atomic E-state index is 11.6. The van der Waals surface area contributed by atoms with Gasteiger partial charge in [0.2, 0.25) is 0 Å². The van der Waals surface area contributed by atoms with Gasteiger partial charge in [0.25, 0.3) is 5.91 Å². The molecule has 5 heteroatoms. The van der Waals surface area contributed by atoms with Gasteiger partial charge in [-0.2, -0.15) is 0 Å². The number of rotatable bonds is 3. The predicted molar refractivity (Wildman–Crippen MR) is 58.8 cm³/mol. The lowest BCUT2D eigenvalue weighted by molar-refractivity contribution is 0.101. The molecule has 1 aromatic heterocycles. The van der Waals surface area contributed by atoms with E-state index in [1.807, 2.05) is 18.2 Å². The Balaban J connectivity index is 2.12. The molecule has 1 amide bonds. The number of benzene rings is 1. The van der Waals surface area contributed by atoms with E-state index in [4.69, 9.17) is 5.73 Å². The summed E-state index contributed by atoms with van der Waals surface area (Å²) in [7, 11) is 0. The van der Waals surface area contributed by atoms with Crippen molar-refractivity contribution < 1.29 is 9.32 Å². The number of aromatic nitrogens is 1. The van der Waals surface area contributed by atoms with Gasteiger partial charge in [-0.25, -0.2) is 0 Å². The molecule has 0 aliphatic heterocycles. The summed E-state index contributed by atoms with van der Waals surface area (Å²) >= 11 is 0. The SMILES string of the molecule is NCc1cccc(NC(=O)c2ccon2)c1. The van der Waals surface area contributed by atoms with Gasteiger partial charge in [0, 0.05) is 18.3 Å². The van der Waals surface area contributed by atoms with Gasteiger partial charge in [0.1, 0.15) is 6.26 Å². The summed E-state index contributed by atoms with van der Waals surface area (Å²) in [6.45, 7) is 0.438. The summed E-state index contributed by atoms with van der Waals surface area (Å²) < 4.78 is 4.59. The van der Waals surface area contributed by atoms with E-state index in [9.17, 15) is 4.79 Å². The van der Waals surface area contributed by atoms with E-state index in [1.165, 1.54) is 12.3 Å². The molecule has 1 aromatic carbocycles. The van der Waals surface area contributed by atoms with Crippen LogP contribution in [0.25, 0.3) is 0 Å². The van der Waals surface area contributed by atoms with Gasteiger partial charge in [0.05, 0.1) is 0 Å². The van der Waals surface area contributed by atoms with Gasteiger partial charge in [0.15, 0.2) is 5.69 Å². The van der Waals surface area contributed by atoms with E-state index >= 15 is 0 Å². The minimum atomic E-state index is -0.303. The predicted octanol–water partition coefficient (Wildman–Crippen LogP) is 1.39. The van der Waals surface area contributed by atoms with Crippen LogP contribution < -0.4 is 11.1 Å². The van der Waals surface area contributed by atoms with Gasteiger partial charge in [-0.1, -0.05) is 17.3 Å². The zero-order chi connectivity index (χ0) is 11.4. The van der Waals surface area contributed by atoms with Crippen molar-refractivity contribution in [2.45, 2.75) is 6.54 Å². The first-order chi connectivity index (χ1) is 7.79. The minimum Gasteiger partial charge on any atom is -0.364 e. The fourth-order valence-corrected chi connectivity index (χ4v) is 1.30. The highest BCUT2D eigenvalue weighted by atomic mass is 16.5. The molecular formula is C11H11N3O2. The third kappa shape index (κ3) is 2.26. The highest BCUT2D eigenvalue weighted by Gasteiger charge is 2.08. The number of nitrogens with zero attached hydrogens (tertiary/aromatic N) is 1. The molecule has 0 aliphatic carbocycles. The largest absolute Gasteiger partial charge is 0.364 e. The van der Waals surface area contributed by atoms with E-state index in [1.54, 1.807) is 6.07 Å². The van der Waals surface area contributed by atoms with E-state index < -0.39 is 0 Å². The second-order valence-electron chi connectivity index (χ2n) is 3.24. The van der Waals surface area contributed by atoms with Crippen LogP contribution in [0.3, 0.4) is 0 Å². The Morgan fingerprint density at radius 3 is 3.00 bits per heavy atom. The standard InChI is InChI=1S/C11H11N3O2/c12-7-8-2-1-3-9(6-8)13-11(15)10-4-5-16-14-10/h1-6H,7,12H2,(H,13,15). The van der Waals surface area contributed by atoms with Crippen molar-refractivity contribution in [3.05, 3.63) is 47.9 Å². The number of anilines is 1. The van der Waals surface area contributed by atoms with Gasteiger partial charge in [-0.05, 0) is 17.7 Å². The molecule has 0 radical (unpaired) electrons. The highest BCUT2D eigenvalue weighted by Crippen LogP contribution is 2.11. The molecule has 0 saturated heterocycles. The molecule has 3 N–H and O–H groups in total. The fraction of sp³-hybridized carbons (Fsp3) is 0.0909. The molecule has 0 saturated carbocycles. The molecule has 82 valence electrons. The summed E-state index contributed by atoms with van der Waals surface area (Å²) in [6, 6.07) is 8.84. The molecule has 0 atom stereocenters. The third-order valence-electron chi connectivity index (χ3n) is 2.09. The second-order valence-corrected chi connectivity index (χ2v) is 3.24. The number of carbonyl (C=O) groups is 1. The van der Waals surface area contributed by atoms with Crippen LogP contribution in [-0.2, 0) is 6.54 Å². The molecule has 16 heavy (non-hydrogen) atoms. The van der Waals surface area contributed by atoms with Crippen molar-refractivity contribution >= 4 is 11.6 Å². The summed E-state index contributed by atoms with van der Waals surface area (Å²) in [5.41, 5.74) is 7.40. The fourth-order valence-electron chi connectivity index (χ4n) is 1.30. The topological polar surface area (TPSA) is 81.1 Å². The number of amides is 1. The van der Waals surface area contributed by atoms with Gasteiger partial charge in [-0.3, -0.25) is 4.79 Å². The van der Waals surface area contributed by atoms with Crippen molar-refractivity contribution in [2.24, 2.45) is 5.73 Å². The average Bonchev–Trinajstić information content (AvgIpc) is 2.83. The Kier molecular flexibility index (Phi) is 2.98. The van der Waals surface area contributed by atoms with Crippen molar-refractivity contribution in [1.29, 1.82) is 0 Å². The number of carbonyl (C=O) groups excluding carboxylic acids is 1. The number of nitrogens with one attached hydrogen (secondary N) is 1. The Bertz CT molecular complexity index is 480. The second kappa shape index (κ2) is 4.59. The molecule has 2 rings (SSSR count). The van der Waals surface area contributed by atoms with E-state index in [0.717, 1.165) is 5.56 Å². The first-order valence-electron chi connectivity index (χ1n) is 4.80. The van der Waals surface area contributed by atoms with Crippen molar-refractivity contribution in [1.82, 2.24) is 5.16 Å². The van der Waals surface area contributed by atoms with Crippen LogP contribution in [0, 0.1) is 0 Å². The van der Waals surface area contributed by atoms with Crippen LogP contribution in [0.2, 0.25) is 0 Å². The summed E-state index contributed by atoms with van der Waals surface area (Å²) in [6.07, 6.45) is 1.35. The first kappa shape index (κ1) is 10.4. The van der Waals surface area contributed by atoms with Crippen LogP contribution in [-0.4, -0.2) is 11.1 Å². The lowest BCUT2D eigenvalue weighted by Gasteiger charge is -2.04. The molecule has 0 bridgehead atoms. The maximum Gasteiger partial charge on any atom is 0.277 e. The van der Waals surface area contributed by atoms with Crippen LogP contribution >= 0.6 is 0 Å². The molecule has 2 aromatic rings. The summed E-state index contributed by atoms with van der Waals surface area (Å²) in [5.74, 6) is -0.303. The zero-order valence-corrected chi connectivity index (χ0v) is 8.51. The lowest BCUT2D eigenvalue weighted by atomic mass is 10.2. The quantitative estimate of drug-likeness (QED) is 0.813. The summed E-state index contributed by atoms with van der Waals surface area (Å²) in [4.78, 5) is 11.6. The Labute approximate surface area is 92.2 Å². The Morgan fingerprint density at radius 1 is 1.44 bits per heavy atom. The molecule has 0 aliphatic rings. The molecule has 0 unspecified atom stereocenters.